The van der Waals surface area contributed by atoms with Crippen LogP contribution in [0.25, 0.3) is 11.1 Å². The van der Waals surface area contributed by atoms with Gasteiger partial charge in [0.1, 0.15) is 18.0 Å². The van der Waals surface area contributed by atoms with Gasteiger partial charge in [0.25, 0.3) is 0 Å². The Labute approximate surface area is 179 Å². The third-order valence-electron chi connectivity index (χ3n) is 6.60. The summed E-state index contributed by atoms with van der Waals surface area (Å²) in [5.41, 5.74) is 4.61. The Morgan fingerprint density at radius 2 is 2.03 bits per heavy atom. The molecule has 0 N–H and O–H groups in total. The summed E-state index contributed by atoms with van der Waals surface area (Å²) in [5.74, 6) is 0.635. The molecule has 158 valence electrons. The number of ether oxygens (including phenoxy) is 1. The van der Waals surface area contributed by atoms with E-state index in [4.69, 9.17) is 9.73 Å². The summed E-state index contributed by atoms with van der Waals surface area (Å²) >= 11 is 0. The van der Waals surface area contributed by atoms with E-state index in [-0.39, 0.29) is 11.4 Å². The van der Waals surface area contributed by atoms with Gasteiger partial charge in [-0.1, -0.05) is 0 Å². The maximum atomic E-state index is 14.8. The molecule has 7 nitrogen and oxygen atoms in total. The van der Waals surface area contributed by atoms with Crippen LogP contribution in [0.2, 0.25) is 0 Å². The Kier molecular flexibility index (Phi) is 4.17. The average molecular weight is 418 g/mol. The van der Waals surface area contributed by atoms with Gasteiger partial charge >= 0.3 is 0 Å². The molecule has 8 heteroatoms. The van der Waals surface area contributed by atoms with Crippen LogP contribution in [0.4, 0.5) is 10.2 Å². The number of aromatic nitrogens is 4. The first-order valence-electron chi connectivity index (χ1n) is 10.7. The van der Waals surface area contributed by atoms with Gasteiger partial charge in [-0.15, -0.1) is 0 Å². The summed E-state index contributed by atoms with van der Waals surface area (Å²) in [6, 6.07) is 5.45. The molecule has 0 radical (unpaired) electrons. The van der Waals surface area contributed by atoms with E-state index in [9.17, 15) is 4.39 Å². The number of aryl methyl sites for hydroxylation is 1. The van der Waals surface area contributed by atoms with Gasteiger partial charge < -0.3 is 9.64 Å². The van der Waals surface area contributed by atoms with E-state index in [1.54, 1.807) is 23.3 Å². The van der Waals surface area contributed by atoms with Crippen LogP contribution in [0.5, 0.6) is 0 Å². The lowest BCUT2D eigenvalue weighted by Gasteiger charge is -2.48. The molecule has 0 aliphatic carbocycles. The van der Waals surface area contributed by atoms with Crippen LogP contribution < -0.4 is 4.90 Å². The fraction of sp³-hybridized carbons (Fsp3) is 0.391. The van der Waals surface area contributed by atoms with E-state index in [0.29, 0.717) is 12.1 Å². The van der Waals surface area contributed by atoms with Crippen LogP contribution in [0.1, 0.15) is 36.1 Å². The molecule has 3 aromatic rings. The maximum absolute atomic E-state index is 14.8. The first-order valence-corrected chi connectivity index (χ1v) is 10.7. The molecule has 2 aromatic heterocycles. The van der Waals surface area contributed by atoms with Crippen molar-refractivity contribution in [1.29, 1.82) is 0 Å². The average Bonchev–Trinajstić information content (AvgIpc) is 3.38. The second kappa shape index (κ2) is 6.95. The van der Waals surface area contributed by atoms with Crippen molar-refractivity contribution >= 4 is 11.5 Å². The third kappa shape index (κ3) is 3.13. The third-order valence-corrected chi connectivity index (χ3v) is 6.60. The summed E-state index contributed by atoms with van der Waals surface area (Å²) in [4.78, 5) is 16.0. The van der Waals surface area contributed by atoms with E-state index in [0.717, 1.165) is 72.9 Å². The molecule has 6 rings (SSSR count). The Hall–Kier alpha value is -3.13. The predicted molar refractivity (Wildman–Crippen MR) is 115 cm³/mol. The highest BCUT2D eigenvalue weighted by molar-refractivity contribution is 6.14. The van der Waals surface area contributed by atoms with Crippen molar-refractivity contribution in [3.05, 3.63) is 59.6 Å². The number of halogens is 1. The zero-order chi connectivity index (χ0) is 21.0. The smallest absolute Gasteiger partial charge is 0.132 e. The van der Waals surface area contributed by atoms with Crippen LogP contribution in [0.3, 0.4) is 0 Å². The molecule has 0 amide bonds. The molecule has 1 aromatic carbocycles. The number of piperidine rings is 1. The fourth-order valence-electron chi connectivity index (χ4n) is 4.87. The van der Waals surface area contributed by atoms with Crippen LogP contribution in [0.15, 0.2) is 41.9 Å². The predicted octanol–water partition coefficient (Wildman–Crippen LogP) is 3.13. The first kappa shape index (κ1) is 18.6. The van der Waals surface area contributed by atoms with E-state index in [2.05, 4.69) is 20.0 Å². The number of aliphatic imine (C=N–C) groups is 1. The lowest BCUT2D eigenvalue weighted by molar-refractivity contribution is -0.151. The molecular weight excluding hydrogens is 395 g/mol. The SMILES string of the molecule is Cn1cc(-c2cc3c(cc2F)CN=C3c2cc(N3CCCC4(CCO4)C3)ncn2)cn1. The number of hydrogen-bond acceptors (Lipinski definition) is 6. The number of fused-ring (bicyclic) bond motifs is 1. The van der Waals surface area contributed by atoms with E-state index in [1.165, 1.54) is 0 Å². The monoisotopic (exact) mass is 418 g/mol. The van der Waals surface area contributed by atoms with Crippen molar-refractivity contribution in [1.82, 2.24) is 19.7 Å². The molecular formula is C23H23FN6O. The van der Waals surface area contributed by atoms with Crippen molar-refractivity contribution < 1.29 is 9.13 Å². The van der Waals surface area contributed by atoms with Crippen LogP contribution in [0, 0.1) is 5.82 Å². The topological polar surface area (TPSA) is 68.4 Å². The second-order valence-corrected chi connectivity index (χ2v) is 8.62. The van der Waals surface area contributed by atoms with Gasteiger partial charge in [0, 0.05) is 55.5 Å². The molecule has 3 aliphatic rings. The molecule has 3 aliphatic heterocycles. The molecule has 1 spiro atoms. The molecule has 1 atom stereocenters. The van der Waals surface area contributed by atoms with E-state index < -0.39 is 0 Å². The Balaban J connectivity index is 1.34. The standard InChI is InChI=1S/C23H23FN6O/c1-29-12-16(11-28-29)17-8-18-15(7-19(17)24)10-25-22(18)20-9-21(27-14-26-20)30-5-2-3-23(13-30)4-6-31-23/h7-9,11-12,14H,2-6,10,13H2,1H3. The largest absolute Gasteiger partial charge is 0.373 e. The lowest BCUT2D eigenvalue weighted by Crippen LogP contribution is -2.56. The molecule has 2 saturated heterocycles. The Morgan fingerprint density at radius 3 is 2.81 bits per heavy atom. The molecule has 5 heterocycles. The number of benzene rings is 1. The Morgan fingerprint density at radius 1 is 1.13 bits per heavy atom. The zero-order valence-electron chi connectivity index (χ0n) is 17.4. The number of anilines is 1. The van der Waals surface area contributed by atoms with Gasteiger partial charge in [0.05, 0.1) is 36.4 Å². The first-order chi connectivity index (χ1) is 15.1. The van der Waals surface area contributed by atoms with Crippen LogP contribution >= 0.6 is 0 Å². The lowest BCUT2D eigenvalue weighted by atomic mass is 9.86. The molecule has 1 unspecified atom stereocenters. The summed E-state index contributed by atoms with van der Waals surface area (Å²) in [6.07, 6.45) is 8.41. The van der Waals surface area contributed by atoms with E-state index in [1.807, 2.05) is 25.4 Å². The second-order valence-electron chi connectivity index (χ2n) is 8.62. The Bertz CT molecular complexity index is 1200. The van der Waals surface area contributed by atoms with Crippen molar-refractivity contribution in [2.75, 3.05) is 24.6 Å². The van der Waals surface area contributed by atoms with Crippen molar-refractivity contribution in [2.45, 2.75) is 31.4 Å². The minimum Gasteiger partial charge on any atom is -0.373 e. The number of rotatable bonds is 3. The molecule has 2 fully saturated rings. The number of nitrogens with zero attached hydrogens (tertiary/aromatic N) is 6. The van der Waals surface area contributed by atoms with Gasteiger partial charge in [-0.25, -0.2) is 14.4 Å². The summed E-state index contributed by atoms with van der Waals surface area (Å²) < 4.78 is 22.3. The van der Waals surface area contributed by atoms with Crippen LogP contribution in [-0.4, -0.2) is 50.8 Å². The van der Waals surface area contributed by atoms with E-state index >= 15 is 0 Å². The maximum Gasteiger partial charge on any atom is 0.132 e. The van der Waals surface area contributed by atoms with Crippen molar-refractivity contribution in [2.24, 2.45) is 12.0 Å². The fourth-order valence-corrected chi connectivity index (χ4v) is 4.87. The van der Waals surface area contributed by atoms with Crippen molar-refractivity contribution in [3.63, 3.8) is 0 Å². The molecule has 0 saturated carbocycles. The van der Waals surface area contributed by atoms with Gasteiger partial charge in [0.2, 0.25) is 0 Å². The van der Waals surface area contributed by atoms with Gasteiger partial charge in [0.15, 0.2) is 0 Å². The highest BCUT2D eigenvalue weighted by atomic mass is 19.1. The zero-order valence-corrected chi connectivity index (χ0v) is 17.4. The quantitative estimate of drug-likeness (QED) is 0.654. The van der Waals surface area contributed by atoms with Gasteiger partial charge in [-0.2, -0.15) is 5.10 Å². The highest BCUT2D eigenvalue weighted by Gasteiger charge is 2.42. The summed E-state index contributed by atoms with van der Waals surface area (Å²) in [6.45, 7) is 3.13. The summed E-state index contributed by atoms with van der Waals surface area (Å²) in [7, 11) is 1.82. The van der Waals surface area contributed by atoms with Gasteiger partial charge in [-0.05, 0) is 30.5 Å². The van der Waals surface area contributed by atoms with Crippen molar-refractivity contribution in [3.8, 4) is 11.1 Å². The van der Waals surface area contributed by atoms with Gasteiger partial charge in [-0.3, -0.25) is 9.67 Å². The molecule has 31 heavy (non-hydrogen) atoms. The summed E-state index contributed by atoms with van der Waals surface area (Å²) in [5, 5.41) is 4.18. The minimum absolute atomic E-state index is 0.00299. The highest BCUT2D eigenvalue weighted by Crippen LogP contribution is 2.37. The van der Waals surface area contributed by atoms with Crippen LogP contribution in [-0.2, 0) is 18.3 Å². The molecule has 0 bridgehead atoms. The normalized spacial score (nSPS) is 22.4. The minimum atomic E-state index is -0.259. The number of hydrogen-bond donors (Lipinski definition) is 0.